The molecule has 0 saturated carbocycles. The molecule has 5 heteroatoms. The molecular weight excluding hydrogens is 266 g/mol. The van der Waals surface area contributed by atoms with Crippen LogP contribution in [0.3, 0.4) is 0 Å². The van der Waals surface area contributed by atoms with Gasteiger partial charge in [0.25, 0.3) is 0 Å². The number of aryl methyl sites for hydroxylation is 2. The molecule has 0 bridgehead atoms. The highest BCUT2D eigenvalue weighted by atomic mass is 16.3. The van der Waals surface area contributed by atoms with Crippen molar-refractivity contribution in [1.82, 2.24) is 15.1 Å². The Balaban J connectivity index is 1.58. The van der Waals surface area contributed by atoms with E-state index in [0.717, 1.165) is 29.5 Å². The minimum atomic E-state index is 0.0129. The predicted octanol–water partition coefficient (Wildman–Crippen LogP) is 2.09. The first kappa shape index (κ1) is 13.7. The molecule has 5 nitrogen and oxygen atoms in total. The van der Waals surface area contributed by atoms with E-state index in [9.17, 15) is 9.90 Å². The van der Waals surface area contributed by atoms with E-state index in [1.54, 1.807) is 16.9 Å². The van der Waals surface area contributed by atoms with Gasteiger partial charge in [-0.05, 0) is 42.5 Å². The summed E-state index contributed by atoms with van der Waals surface area (Å²) in [6.45, 7) is 2.56. The van der Waals surface area contributed by atoms with Gasteiger partial charge in [-0.15, -0.1) is 0 Å². The molecule has 2 N–H and O–H groups in total. The molecule has 3 rings (SSSR count). The molecule has 1 heterocycles. The lowest BCUT2D eigenvalue weighted by atomic mass is 10.1. The Hall–Kier alpha value is -2.30. The molecule has 2 aromatic rings. The number of phenols is 1. The second kappa shape index (κ2) is 5.60. The third-order valence-electron chi connectivity index (χ3n) is 3.91. The van der Waals surface area contributed by atoms with Crippen LogP contribution in [0.25, 0.3) is 0 Å². The molecular formula is C16H19N3O2. The number of carbonyl (C=O) groups excluding carboxylic acids is 1. The number of rotatable bonds is 4. The number of aromatic hydroxyl groups is 1. The molecule has 0 fully saturated rings. The van der Waals surface area contributed by atoms with Gasteiger partial charge in [0.15, 0.2) is 0 Å². The Kier molecular flexibility index (Phi) is 3.64. The maximum atomic E-state index is 12.1. The van der Waals surface area contributed by atoms with Crippen molar-refractivity contribution in [2.45, 2.75) is 38.8 Å². The summed E-state index contributed by atoms with van der Waals surface area (Å²) in [5.41, 5.74) is 3.10. The van der Waals surface area contributed by atoms with Crippen LogP contribution in [0.4, 0.5) is 0 Å². The van der Waals surface area contributed by atoms with Crippen molar-refractivity contribution < 1.29 is 9.90 Å². The molecule has 1 aliphatic carbocycles. The van der Waals surface area contributed by atoms with Crippen LogP contribution in [0.2, 0.25) is 0 Å². The number of hydrogen-bond acceptors (Lipinski definition) is 3. The number of benzene rings is 1. The summed E-state index contributed by atoms with van der Waals surface area (Å²) in [5.74, 6) is 0.348. The maximum Gasteiger partial charge on any atom is 0.222 e. The molecule has 0 aliphatic heterocycles. The van der Waals surface area contributed by atoms with Gasteiger partial charge in [0.2, 0.25) is 5.91 Å². The van der Waals surface area contributed by atoms with E-state index >= 15 is 0 Å². The van der Waals surface area contributed by atoms with Gasteiger partial charge in [-0.3, -0.25) is 9.48 Å². The van der Waals surface area contributed by atoms with Crippen LogP contribution in [0.1, 0.15) is 35.6 Å². The van der Waals surface area contributed by atoms with E-state index in [4.69, 9.17) is 0 Å². The highest BCUT2D eigenvalue weighted by Gasteiger charge is 2.25. The Morgan fingerprint density at radius 3 is 3.14 bits per heavy atom. The molecule has 21 heavy (non-hydrogen) atoms. The second-order valence-electron chi connectivity index (χ2n) is 5.53. The number of nitrogens with one attached hydrogen (secondary N) is 1. The summed E-state index contributed by atoms with van der Waals surface area (Å²) < 4.78 is 1.78. The lowest BCUT2D eigenvalue weighted by molar-refractivity contribution is -0.122. The minimum Gasteiger partial charge on any atom is -0.508 e. The number of fused-ring (bicyclic) bond motifs is 1. The van der Waals surface area contributed by atoms with E-state index in [2.05, 4.69) is 10.4 Å². The second-order valence-corrected chi connectivity index (χ2v) is 5.53. The van der Waals surface area contributed by atoms with Gasteiger partial charge >= 0.3 is 0 Å². The van der Waals surface area contributed by atoms with Gasteiger partial charge < -0.3 is 10.4 Å². The molecule has 110 valence electrons. The summed E-state index contributed by atoms with van der Waals surface area (Å²) in [7, 11) is 0. The van der Waals surface area contributed by atoms with E-state index in [1.807, 2.05) is 25.3 Å². The normalized spacial score (nSPS) is 16.7. The van der Waals surface area contributed by atoms with Gasteiger partial charge in [0, 0.05) is 19.2 Å². The largest absolute Gasteiger partial charge is 0.508 e. The van der Waals surface area contributed by atoms with E-state index < -0.39 is 0 Å². The highest BCUT2D eigenvalue weighted by Crippen LogP contribution is 2.36. The highest BCUT2D eigenvalue weighted by molar-refractivity contribution is 5.76. The van der Waals surface area contributed by atoms with Crippen molar-refractivity contribution in [1.29, 1.82) is 0 Å². The van der Waals surface area contributed by atoms with Crippen molar-refractivity contribution in [2.24, 2.45) is 0 Å². The van der Waals surface area contributed by atoms with E-state index in [-0.39, 0.29) is 11.9 Å². The van der Waals surface area contributed by atoms with E-state index in [0.29, 0.717) is 18.7 Å². The van der Waals surface area contributed by atoms with Gasteiger partial charge in [0.05, 0.1) is 12.2 Å². The van der Waals surface area contributed by atoms with Gasteiger partial charge in [0.1, 0.15) is 5.75 Å². The predicted molar refractivity (Wildman–Crippen MR) is 78.9 cm³/mol. The fraction of sp³-hybridized carbons (Fsp3) is 0.375. The van der Waals surface area contributed by atoms with Crippen molar-refractivity contribution in [3.63, 3.8) is 0 Å². The van der Waals surface area contributed by atoms with Gasteiger partial charge in [-0.1, -0.05) is 12.1 Å². The van der Waals surface area contributed by atoms with Gasteiger partial charge in [-0.2, -0.15) is 5.10 Å². The Morgan fingerprint density at radius 2 is 2.38 bits per heavy atom. The lowest BCUT2D eigenvalue weighted by Crippen LogP contribution is -2.28. The molecule has 0 spiro atoms. The van der Waals surface area contributed by atoms with Crippen LogP contribution < -0.4 is 5.32 Å². The van der Waals surface area contributed by atoms with Crippen molar-refractivity contribution >= 4 is 5.91 Å². The van der Waals surface area contributed by atoms with Crippen molar-refractivity contribution in [2.75, 3.05) is 0 Å². The summed E-state index contributed by atoms with van der Waals surface area (Å²) in [6.07, 6.45) is 5.78. The minimum absolute atomic E-state index is 0.0129. The summed E-state index contributed by atoms with van der Waals surface area (Å²) >= 11 is 0. The standard InChI is InChI=1S/C16H19N3O2/c1-11-9-17-19(10-11)8-7-16(21)18-14-6-5-13-12(14)3-2-4-15(13)20/h2-4,9-10,14,20H,5-8H2,1H3,(H,18,21)/t14-/m1/s1. The van der Waals surface area contributed by atoms with Crippen LogP contribution in [-0.2, 0) is 17.8 Å². The molecule has 0 saturated heterocycles. The average molecular weight is 285 g/mol. The third-order valence-corrected chi connectivity index (χ3v) is 3.91. The summed E-state index contributed by atoms with van der Waals surface area (Å²) in [5, 5.41) is 17.0. The summed E-state index contributed by atoms with van der Waals surface area (Å²) in [4.78, 5) is 12.1. The Bertz CT molecular complexity index is 663. The number of hydrogen-bond donors (Lipinski definition) is 2. The monoisotopic (exact) mass is 285 g/mol. The number of nitrogens with zero attached hydrogens (tertiary/aromatic N) is 2. The fourth-order valence-corrected chi connectivity index (χ4v) is 2.86. The SMILES string of the molecule is Cc1cnn(CCC(=O)N[C@@H]2CCc3c(O)cccc32)c1. The van der Waals surface area contributed by atoms with Gasteiger partial charge in [-0.25, -0.2) is 0 Å². The Morgan fingerprint density at radius 1 is 1.52 bits per heavy atom. The van der Waals surface area contributed by atoms with Crippen LogP contribution >= 0.6 is 0 Å². The first-order chi connectivity index (χ1) is 10.1. The first-order valence-electron chi connectivity index (χ1n) is 7.22. The number of amides is 1. The molecule has 0 radical (unpaired) electrons. The lowest BCUT2D eigenvalue weighted by Gasteiger charge is -2.14. The van der Waals surface area contributed by atoms with E-state index in [1.165, 1.54) is 0 Å². The average Bonchev–Trinajstić information content (AvgIpc) is 3.05. The zero-order valence-electron chi connectivity index (χ0n) is 12.0. The molecule has 1 aromatic heterocycles. The quantitative estimate of drug-likeness (QED) is 0.904. The zero-order chi connectivity index (χ0) is 14.8. The first-order valence-corrected chi connectivity index (χ1v) is 7.22. The number of aromatic nitrogens is 2. The zero-order valence-corrected chi connectivity index (χ0v) is 12.0. The molecule has 1 aromatic carbocycles. The van der Waals surface area contributed by atoms with Crippen LogP contribution in [-0.4, -0.2) is 20.8 Å². The van der Waals surface area contributed by atoms with Crippen LogP contribution in [0.5, 0.6) is 5.75 Å². The van der Waals surface area contributed by atoms with Crippen molar-refractivity contribution in [3.05, 3.63) is 47.3 Å². The number of phenolic OH excluding ortho intramolecular Hbond substituents is 1. The smallest absolute Gasteiger partial charge is 0.222 e. The topological polar surface area (TPSA) is 67.2 Å². The number of carbonyl (C=O) groups is 1. The fourth-order valence-electron chi connectivity index (χ4n) is 2.86. The van der Waals surface area contributed by atoms with Crippen LogP contribution in [0, 0.1) is 6.92 Å². The Labute approximate surface area is 123 Å². The third kappa shape index (κ3) is 2.91. The summed E-state index contributed by atoms with van der Waals surface area (Å²) in [6, 6.07) is 5.51. The van der Waals surface area contributed by atoms with Crippen LogP contribution in [0.15, 0.2) is 30.6 Å². The van der Waals surface area contributed by atoms with Crippen molar-refractivity contribution in [3.8, 4) is 5.75 Å². The maximum absolute atomic E-state index is 12.1. The molecule has 1 amide bonds. The molecule has 1 atom stereocenters. The molecule has 1 aliphatic rings. The molecule has 0 unspecified atom stereocenters.